The molecular weight excluding hydrogens is 256 g/mol. The van der Waals surface area contributed by atoms with E-state index in [1.807, 2.05) is 11.8 Å². The molecule has 0 saturated carbocycles. The maximum atomic E-state index is 4.33. The lowest BCUT2D eigenvalue weighted by Gasteiger charge is -2.27. The van der Waals surface area contributed by atoms with Gasteiger partial charge in [0.15, 0.2) is 5.82 Å². The third-order valence-corrected chi connectivity index (χ3v) is 3.85. The standard InChI is InChI=1S/C14H26N4S/c1-6-13(10-19-5)18(4)14-8-7-12(16-17-14)9-15-11(2)3/h7-8,11,13,15H,6,9-10H2,1-5H3. The van der Waals surface area contributed by atoms with Crippen molar-refractivity contribution < 1.29 is 0 Å². The minimum atomic E-state index is 0.468. The van der Waals surface area contributed by atoms with Crippen molar-refractivity contribution >= 4 is 17.6 Å². The van der Waals surface area contributed by atoms with E-state index in [0.717, 1.165) is 30.2 Å². The van der Waals surface area contributed by atoms with Gasteiger partial charge in [0.2, 0.25) is 0 Å². The predicted octanol–water partition coefficient (Wildman–Crippen LogP) is 2.55. The molecule has 0 spiro atoms. The highest BCUT2D eigenvalue weighted by molar-refractivity contribution is 7.98. The second-order valence-corrected chi connectivity index (χ2v) is 5.96. The molecule has 0 aliphatic rings. The largest absolute Gasteiger partial charge is 0.354 e. The highest BCUT2D eigenvalue weighted by Gasteiger charge is 2.14. The molecule has 0 saturated heterocycles. The average Bonchev–Trinajstić information content (AvgIpc) is 2.42. The Bertz CT molecular complexity index is 353. The molecule has 1 atom stereocenters. The first-order chi connectivity index (χ1) is 9.08. The molecule has 0 amide bonds. The zero-order valence-electron chi connectivity index (χ0n) is 12.7. The highest BCUT2D eigenvalue weighted by Crippen LogP contribution is 2.15. The van der Waals surface area contributed by atoms with Gasteiger partial charge >= 0.3 is 0 Å². The van der Waals surface area contributed by atoms with E-state index in [1.54, 1.807) is 0 Å². The minimum Gasteiger partial charge on any atom is -0.354 e. The Morgan fingerprint density at radius 1 is 1.32 bits per heavy atom. The third kappa shape index (κ3) is 5.37. The van der Waals surface area contributed by atoms with Crippen molar-refractivity contribution in [3.8, 4) is 0 Å². The first kappa shape index (κ1) is 16.2. The second-order valence-electron chi connectivity index (χ2n) is 5.05. The molecule has 0 aromatic carbocycles. The fourth-order valence-electron chi connectivity index (χ4n) is 1.83. The van der Waals surface area contributed by atoms with E-state index in [4.69, 9.17) is 0 Å². The van der Waals surface area contributed by atoms with Gasteiger partial charge in [-0.2, -0.15) is 16.9 Å². The molecule has 5 heteroatoms. The fourth-order valence-corrected chi connectivity index (χ4v) is 2.67. The van der Waals surface area contributed by atoms with Crippen molar-refractivity contribution in [1.82, 2.24) is 15.5 Å². The predicted molar refractivity (Wildman–Crippen MR) is 84.9 cm³/mol. The summed E-state index contributed by atoms with van der Waals surface area (Å²) in [6.07, 6.45) is 3.26. The molecule has 1 N–H and O–H groups in total. The summed E-state index contributed by atoms with van der Waals surface area (Å²) in [5, 5.41) is 12.0. The summed E-state index contributed by atoms with van der Waals surface area (Å²) >= 11 is 1.87. The van der Waals surface area contributed by atoms with Crippen LogP contribution < -0.4 is 10.2 Å². The van der Waals surface area contributed by atoms with Gasteiger partial charge in [-0.15, -0.1) is 5.10 Å². The van der Waals surface area contributed by atoms with Crippen LogP contribution in [-0.4, -0.2) is 41.3 Å². The van der Waals surface area contributed by atoms with Crippen molar-refractivity contribution in [2.45, 2.75) is 45.8 Å². The van der Waals surface area contributed by atoms with Crippen LogP contribution >= 0.6 is 11.8 Å². The molecule has 0 aliphatic heterocycles. The van der Waals surface area contributed by atoms with Gasteiger partial charge in [-0.25, -0.2) is 0 Å². The van der Waals surface area contributed by atoms with E-state index in [-0.39, 0.29) is 0 Å². The lowest BCUT2D eigenvalue weighted by Crippen LogP contribution is -2.34. The van der Waals surface area contributed by atoms with Crippen LogP contribution in [0.2, 0.25) is 0 Å². The normalized spacial score (nSPS) is 12.7. The number of nitrogens with zero attached hydrogens (tertiary/aromatic N) is 3. The first-order valence-corrected chi connectivity index (χ1v) is 8.25. The Balaban J connectivity index is 2.64. The number of hydrogen-bond donors (Lipinski definition) is 1. The Labute approximate surface area is 121 Å². The molecule has 1 heterocycles. The Morgan fingerprint density at radius 2 is 2.05 bits per heavy atom. The van der Waals surface area contributed by atoms with E-state index >= 15 is 0 Å². The summed E-state index contributed by atoms with van der Waals surface area (Å²) in [4.78, 5) is 2.23. The van der Waals surface area contributed by atoms with Crippen molar-refractivity contribution in [1.29, 1.82) is 0 Å². The summed E-state index contributed by atoms with van der Waals surface area (Å²) < 4.78 is 0. The number of thioether (sulfide) groups is 1. The molecule has 1 rings (SSSR count). The van der Waals surface area contributed by atoms with Gasteiger partial charge in [-0.05, 0) is 24.8 Å². The summed E-state index contributed by atoms with van der Waals surface area (Å²) in [5.74, 6) is 2.07. The van der Waals surface area contributed by atoms with Gasteiger partial charge in [0.1, 0.15) is 0 Å². The summed E-state index contributed by atoms with van der Waals surface area (Å²) in [6.45, 7) is 7.25. The van der Waals surface area contributed by atoms with Crippen LogP contribution in [0.25, 0.3) is 0 Å². The lowest BCUT2D eigenvalue weighted by atomic mass is 10.2. The smallest absolute Gasteiger partial charge is 0.151 e. The highest BCUT2D eigenvalue weighted by atomic mass is 32.2. The van der Waals surface area contributed by atoms with Gasteiger partial charge in [-0.1, -0.05) is 20.8 Å². The van der Waals surface area contributed by atoms with E-state index in [2.05, 4.69) is 66.6 Å². The zero-order chi connectivity index (χ0) is 14.3. The van der Waals surface area contributed by atoms with E-state index in [0.29, 0.717) is 12.1 Å². The van der Waals surface area contributed by atoms with Crippen molar-refractivity contribution in [3.63, 3.8) is 0 Å². The van der Waals surface area contributed by atoms with E-state index in [9.17, 15) is 0 Å². The molecule has 0 aliphatic carbocycles. The average molecular weight is 282 g/mol. The number of hydrogen-bond acceptors (Lipinski definition) is 5. The molecule has 1 aromatic rings. The van der Waals surface area contributed by atoms with Crippen LogP contribution in [0.5, 0.6) is 0 Å². The molecule has 1 unspecified atom stereocenters. The van der Waals surface area contributed by atoms with Crippen molar-refractivity contribution in [2.24, 2.45) is 0 Å². The van der Waals surface area contributed by atoms with Crippen molar-refractivity contribution in [2.75, 3.05) is 24.0 Å². The fraction of sp³-hybridized carbons (Fsp3) is 0.714. The molecule has 108 valence electrons. The van der Waals surface area contributed by atoms with E-state index < -0.39 is 0 Å². The monoisotopic (exact) mass is 282 g/mol. The van der Waals surface area contributed by atoms with Gasteiger partial charge in [0.05, 0.1) is 5.69 Å². The molecule has 4 nitrogen and oxygen atoms in total. The third-order valence-electron chi connectivity index (χ3n) is 3.14. The van der Waals surface area contributed by atoms with Crippen molar-refractivity contribution in [3.05, 3.63) is 17.8 Å². The van der Waals surface area contributed by atoms with Gasteiger partial charge < -0.3 is 10.2 Å². The Morgan fingerprint density at radius 3 is 2.53 bits per heavy atom. The van der Waals surface area contributed by atoms with Gasteiger partial charge in [0.25, 0.3) is 0 Å². The zero-order valence-corrected chi connectivity index (χ0v) is 13.5. The van der Waals surface area contributed by atoms with E-state index in [1.165, 1.54) is 0 Å². The molecule has 0 fully saturated rings. The second kappa shape index (κ2) is 8.38. The molecular formula is C14H26N4S. The van der Waals surface area contributed by atoms with Gasteiger partial charge in [0, 0.05) is 31.4 Å². The number of nitrogens with one attached hydrogen (secondary N) is 1. The van der Waals surface area contributed by atoms with Crippen LogP contribution in [0.3, 0.4) is 0 Å². The van der Waals surface area contributed by atoms with Crippen LogP contribution in [0.15, 0.2) is 12.1 Å². The summed E-state index contributed by atoms with van der Waals surface area (Å²) in [6, 6.07) is 5.10. The van der Waals surface area contributed by atoms with Crippen LogP contribution in [-0.2, 0) is 6.54 Å². The maximum Gasteiger partial charge on any atom is 0.151 e. The molecule has 1 aromatic heterocycles. The first-order valence-electron chi connectivity index (χ1n) is 6.86. The maximum absolute atomic E-state index is 4.33. The quantitative estimate of drug-likeness (QED) is 0.793. The van der Waals surface area contributed by atoms with Crippen LogP contribution in [0.4, 0.5) is 5.82 Å². The molecule has 0 bridgehead atoms. The topological polar surface area (TPSA) is 41.0 Å². The van der Waals surface area contributed by atoms with Gasteiger partial charge in [-0.3, -0.25) is 0 Å². The number of rotatable bonds is 8. The Kier molecular flexibility index (Phi) is 7.16. The lowest BCUT2D eigenvalue weighted by molar-refractivity contribution is 0.576. The summed E-state index contributed by atoms with van der Waals surface area (Å²) in [5.41, 5.74) is 0.990. The molecule has 0 radical (unpaired) electrons. The molecule has 19 heavy (non-hydrogen) atoms. The SMILES string of the molecule is CCC(CSC)N(C)c1ccc(CNC(C)C)nn1. The number of aromatic nitrogens is 2. The van der Waals surface area contributed by atoms with Crippen LogP contribution in [0, 0.1) is 0 Å². The van der Waals surface area contributed by atoms with Crippen LogP contribution in [0.1, 0.15) is 32.9 Å². The number of anilines is 1. The Hall–Kier alpha value is -0.810. The minimum absolute atomic E-state index is 0.468. The summed E-state index contributed by atoms with van der Waals surface area (Å²) in [7, 11) is 2.10.